The van der Waals surface area contributed by atoms with Crippen LogP contribution >= 0.6 is 0 Å². The molecule has 0 atom stereocenters. The van der Waals surface area contributed by atoms with E-state index in [0.29, 0.717) is 6.54 Å². The van der Waals surface area contributed by atoms with E-state index in [-0.39, 0.29) is 5.95 Å². The molecule has 0 aliphatic carbocycles. The summed E-state index contributed by atoms with van der Waals surface area (Å²) in [5.74, 6) is 1.88. The number of aryl methyl sites for hydroxylation is 1. The number of aromatic nitrogens is 4. The molecule has 0 amide bonds. The van der Waals surface area contributed by atoms with Gasteiger partial charge in [0.2, 0.25) is 5.95 Å². The third kappa shape index (κ3) is 5.40. The standard InChI is InChI=1S/C23H34N6O/c1-4-6-8-9-10-17-11-12-18(20(14-17)30-3)16-29-21-19(15-26-29)27-23(24)28-22(21)25-13-7-5-2/h11-12,14-15H,4-10,13,16H2,1-3H3,(H3,24,25,27,28). The number of nitrogens with zero attached hydrogens (tertiary/aromatic N) is 4. The molecule has 0 unspecified atom stereocenters. The lowest BCUT2D eigenvalue weighted by Gasteiger charge is -2.13. The summed E-state index contributed by atoms with van der Waals surface area (Å²) in [6.07, 6.45) is 10.0. The fourth-order valence-corrected chi connectivity index (χ4v) is 3.64. The Morgan fingerprint density at radius 3 is 2.67 bits per heavy atom. The Morgan fingerprint density at radius 2 is 1.90 bits per heavy atom. The zero-order valence-electron chi connectivity index (χ0n) is 18.4. The van der Waals surface area contributed by atoms with E-state index in [4.69, 9.17) is 10.5 Å². The van der Waals surface area contributed by atoms with Gasteiger partial charge in [-0.25, -0.2) is 4.98 Å². The molecule has 3 N–H and O–H groups in total. The minimum absolute atomic E-state index is 0.256. The van der Waals surface area contributed by atoms with Crippen LogP contribution in [0, 0.1) is 0 Å². The molecule has 30 heavy (non-hydrogen) atoms. The number of nitrogens with two attached hydrogens (primary N) is 1. The van der Waals surface area contributed by atoms with Crippen LogP contribution in [0.3, 0.4) is 0 Å². The highest BCUT2D eigenvalue weighted by molar-refractivity contribution is 5.86. The highest BCUT2D eigenvalue weighted by Gasteiger charge is 2.14. The maximum absolute atomic E-state index is 5.89. The zero-order valence-corrected chi connectivity index (χ0v) is 18.4. The number of hydrogen-bond acceptors (Lipinski definition) is 6. The Kier molecular flexibility index (Phi) is 7.88. The third-order valence-electron chi connectivity index (χ3n) is 5.32. The van der Waals surface area contributed by atoms with Crippen LogP contribution in [0.5, 0.6) is 5.75 Å². The van der Waals surface area contributed by atoms with Gasteiger partial charge >= 0.3 is 0 Å². The second kappa shape index (κ2) is 10.8. The number of nitrogen functional groups attached to an aromatic ring is 1. The van der Waals surface area contributed by atoms with Gasteiger partial charge in [-0.1, -0.05) is 51.7 Å². The van der Waals surface area contributed by atoms with Crippen LogP contribution in [0.4, 0.5) is 11.8 Å². The van der Waals surface area contributed by atoms with Crippen LogP contribution in [0.25, 0.3) is 11.0 Å². The first-order valence-electron chi connectivity index (χ1n) is 11.0. The highest BCUT2D eigenvalue weighted by Crippen LogP contribution is 2.26. The summed E-state index contributed by atoms with van der Waals surface area (Å²) in [5, 5.41) is 7.94. The third-order valence-corrected chi connectivity index (χ3v) is 5.32. The summed E-state index contributed by atoms with van der Waals surface area (Å²) in [6.45, 7) is 5.82. The Hall–Kier alpha value is -2.83. The van der Waals surface area contributed by atoms with Crippen molar-refractivity contribution in [3.63, 3.8) is 0 Å². The first-order chi connectivity index (χ1) is 14.7. The van der Waals surface area contributed by atoms with E-state index in [0.717, 1.165) is 54.0 Å². The fraction of sp³-hybridized carbons (Fsp3) is 0.522. The number of nitrogens with one attached hydrogen (secondary N) is 1. The molecule has 3 rings (SSSR count). The van der Waals surface area contributed by atoms with Gasteiger partial charge in [0.05, 0.1) is 19.9 Å². The van der Waals surface area contributed by atoms with Gasteiger partial charge in [0.15, 0.2) is 5.82 Å². The van der Waals surface area contributed by atoms with E-state index < -0.39 is 0 Å². The van der Waals surface area contributed by atoms with Gasteiger partial charge < -0.3 is 15.8 Å². The number of unbranched alkanes of at least 4 members (excludes halogenated alkanes) is 4. The van der Waals surface area contributed by atoms with Gasteiger partial charge in [-0.05, 0) is 30.9 Å². The summed E-state index contributed by atoms with van der Waals surface area (Å²) >= 11 is 0. The highest BCUT2D eigenvalue weighted by atomic mass is 16.5. The van der Waals surface area contributed by atoms with Crippen LogP contribution < -0.4 is 15.8 Å². The monoisotopic (exact) mass is 410 g/mol. The lowest BCUT2D eigenvalue weighted by molar-refractivity contribution is 0.407. The quantitative estimate of drug-likeness (QED) is 0.417. The van der Waals surface area contributed by atoms with E-state index in [9.17, 15) is 0 Å². The molecule has 0 saturated heterocycles. The van der Waals surface area contributed by atoms with Crippen molar-refractivity contribution < 1.29 is 4.74 Å². The van der Waals surface area contributed by atoms with Crippen molar-refractivity contribution in [3.05, 3.63) is 35.5 Å². The van der Waals surface area contributed by atoms with Crippen molar-refractivity contribution >= 4 is 22.8 Å². The van der Waals surface area contributed by atoms with E-state index in [1.165, 1.54) is 31.2 Å². The number of hydrogen-bond donors (Lipinski definition) is 2. The van der Waals surface area contributed by atoms with E-state index in [1.807, 2.05) is 4.68 Å². The molecule has 0 bridgehead atoms. The van der Waals surface area contributed by atoms with Crippen molar-refractivity contribution in [1.29, 1.82) is 0 Å². The average Bonchev–Trinajstić information content (AvgIpc) is 3.14. The van der Waals surface area contributed by atoms with Crippen LogP contribution in [-0.2, 0) is 13.0 Å². The molecule has 0 saturated carbocycles. The maximum atomic E-state index is 5.89. The average molecular weight is 411 g/mol. The van der Waals surface area contributed by atoms with Gasteiger partial charge in [-0.3, -0.25) is 4.68 Å². The topological polar surface area (TPSA) is 90.9 Å². The van der Waals surface area contributed by atoms with Crippen LogP contribution in [0.1, 0.15) is 63.5 Å². The summed E-state index contributed by atoms with van der Waals surface area (Å²) in [6, 6.07) is 6.50. The van der Waals surface area contributed by atoms with Gasteiger partial charge in [0.1, 0.15) is 16.8 Å². The van der Waals surface area contributed by atoms with Crippen LogP contribution in [-0.4, -0.2) is 33.4 Å². The van der Waals surface area contributed by atoms with Gasteiger partial charge in [0, 0.05) is 12.1 Å². The predicted octanol–water partition coefficient (Wildman–Crippen LogP) is 4.80. The molecular formula is C23H34N6O. The van der Waals surface area contributed by atoms with Crippen molar-refractivity contribution in [3.8, 4) is 5.75 Å². The predicted molar refractivity (Wildman–Crippen MR) is 123 cm³/mol. The molecule has 7 nitrogen and oxygen atoms in total. The normalized spacial score (nSPS) is 11.2. The number of methoxy groups -OCH3 is 1. The second-order valence-corrected chi connectivity index (χ2v) is 7.70. The lowest BCUT2D eigenvalue weighted by Crippen LogP contribution is -2.10. The molecule has 3 aromatic rings. The Morgan fingerprint density at radius 1 is 1.07 bits per heavy atom. The van der Waals surface area contributed by atoms with Crippen molar-refractivity contribution in [2.75, 3.05) is 24.7 Å². The zero-order chi connectivity index (χ0) is 21.3. The molecule has 162 valence electrons. The second-order valence-electron chi connectivity index (χ2n) is 7.70. The molecule has 2 heterocycles. The SMILES string of the molecule is CCCCCCc1ccc(Cn2ncc3nc(N)nc(NCCCC)c32)c(OC)c1. The molecule has 2 aromatic heterocycles. The molecule has 0 spiro atoms. The van der Waals surface area contributed by atoms with Gasteiger partial charge in [-0.2, -0.15) is 10.1 Å². The fourth-order valence-electron chi connectivity index (χ4n) is 3.64. The molecule has 7 heteroatoms. The minimum Gasteiger partial charge on any atom is -0.496 e. The maximum Gasteiger partial charge on any atom is 0.222 e. The number of anilines is 2. The summed E-state index contributed by atoms with van der Waals surface area (Å²) in [4.78, 5) is 8.76. The van der Waals surface area contributed by atoms with Crippen molar-refractivity contribution in [1.82, 2.24) is 19.7 Å². The minimum atomic E-state index is 0.256. The van der Waals surface area contributed by atoms with Crippen LogP contribution in [0.2, 0.25) is 0 Å². The first-order valence-corrected chi connectivity index (χ1v) is 11.0. The van der Waals surface area contributed by atoms with E-state index in [1.54, 1.807) is 13.3 Å². The Balaban J connectivity index is 1.83. The smallest absolute Gasteiger partial charge is 0.222 e. The van der Waals surface area contributed by atoms with Crippen molar-refractivity contribution in [2.45, 2.75) is 65.3 Å². The Labute approximate surface area is 179 Å². The first kappa shape index (κ1) is 21.9. The largest absolute Gasteiger partial charge is 0.496 e. The molecule has 1 aromatic carbocycles. The van der Waals surface area contributed by atoms with E-state index in [2.05, 4.69) is 52.4 Å². The van der Waals surface area contributed by atoms with Crippen LogP contribution in [0.15, 0.2) is 24.4 Å². The molecule has 0 fully saturated rings. The molecule has 0 aliphatic heterocycles. The number of fused-ring (bicyclic) bond motifs is 1. The summed E-state index contributed by atoms with van der Waals surface area (Å²) in [7, 11) is 1.72. The molecular weight excluding hydrogens is 376 g/mol. The number of rotatable bonds is 12. The van der Waals surface area contributed by atoms with Gasteiger partial charge in [0.25, 0.3) is 0 Å². The number of ether oxygens (including phenoxy) is 1. The van der Waals surface area contributed by atoms with Crippen molar-refractivity contribution in [2.24, 2.45) is 0 Å². The van der Waals surface area contributed by atoms with Gasteiger partial charge in [-0.15, -0.1) is 0 Å². The summed E-state index contributed by atoms with van der Waals surface area (Å²) in [5.41, 5.74) is 9.90. The van der Waals surface area contributed by atoms with E-state index >= 15 is 0 Å². The molecule has 0 radical (unpaired) electrons. The Bertz CT molecular complexity index is 952. The molecule has 0 aliphatic rings. The lowest BCUT2D eigenvalue weighted by atomic mass is 10.0. The summed E-state index contributed by atoms with van der Waals surface area (Å²) < 4.78 is 7.61. The number of benzene rings is 1.